The third-order valence-electron chi connectivity index (χ3n) is 6.20. The average molecular weight is 674 g/mol. The highest BCUT2D eigenvalue weighted by atomic mass is 127. The van der Waals surface area contributed by atoms with Gasteiger partial charge in [0.1, 0.15) is 5.70 Å². The van der Waals surface area contributed by atoms with Crippen molar-refractivity contribution in [3.8, 4) is 0 Å². The van der Waals surface area contributed by atoms with Crippen molar-refractivity contribution in [3.05, 3.63) is 130 Å². The van der Waals surface area contributed by atoms with E-state index in [-0.39, 0.29) is 23.9 Å². The summed E-state index contributed by atoms with van der Waals surface area (Å²) in [5.41, 5.74) is 2.29. The first-order valence-electron chi connectivity index (χ1n) is 12.7. The van der Waals surface area contributed by atoms with Crippen molar-refractivity contribution in [2.75, 3.05) is 10.2 Å². The van der Waals surface area contributed by atoms with Crippen LogP contribution < -0.4 is 15.5 Å². The second-order valence-corrected chi connectivity index (χ2v) is 11.6. The van der Waals surface area contributed by atoms with E-state index in [4.69, 9.17) is 0 Å². The maximum absolute atomic E-state index is 13.4. The summed E-state index contributed by atoms with van der Waals surface area (Å²) in [6, 6.07) is 32.1. The highest BCUT2D eigenvalue weighted by molar-refractivity contribution is 14.1. The van der Waals surface area contributed by atoms with Gasteiger partial charge in [-0.2, -0.15) is 0 Å². The first kappa shape index (κ1) is 28.3. The number of halogens is 1. The minimum atomic E-state index is -0.577. The Kier molecular flexibility index (Phi) is 8.95. The number of thioether (sulfide) groups is 1. The molecular weight excluding hydrogens is 649 g/mol. The Morgan fingerprint density at radius 3 is 2.24 bits per heavy atom. The number of anilines is 2. The largest absolute Gasteiger partial charge is 0.321 e. The lowest BCUT2D eigenvalue weighted by atomic mass is 10.1. The molecule has 1 fully saturated rings. The molecule has 1 atom stereocenters. The third-order valence-corrected chi connectivity index (χ3v) is 8.10. The first-order chi connectivity index (χ1) is 19.9. The van der Waals surface area contributed by atoms with Gasteiger partial charge in [0.25, 0.3) is 11.8 Å². The fraction of sp³-hybridized carbons (Fsp3) is 0.0625. The molecule has 1 unspecified atom stereocenters. The van der Waals surface area contributed by atoms with Crippen LogP contribution in [0.2, 0.25) is 0 Å². The van der Waals surface area contributed by atoms with Gasteiger partial charge < -0.3 is 10.6 Å². The number of amides is 4. The summed E-state index contributed by atoms with van der Waals surface area (Å²) < 4.78 is 1.01. The predicted octanol–water partition coefficient (Wildman–Crippen LogP) is 6.13. The lowest BCUT2D eigenvalue weighted by Crippen LogP contribution is -2.31. The van der Waals surface area contributed by atoms with Crippen LogP contribution in [0.15, 0.2) is 120 Å². The van der Waals surface area contributed by atoms with Crippen molar-refractivity contribution in [2.24, 2.45) is 0 Å². The molecule has 4 aromatic rings. The van der Waals surface area contributed by atoms with E-state index in [0.717, 1.165) is 14.0 Å². The Morgan fingerprint density at radius 2 is 1.54 bits per heavy atom. The van der Waals surface area contributed by atoms with Crippen LogP contribution in [-0.2, 0) is 14.4 Å². The van der Waals surface area contributed by atoms with E-state index in [0.29, 0.717) is 16.9 Å². The van der Waals surface area contributed by atoms with E-state index in [2.05, 4.69) is 33.2 Å². The molecule has 0 radical (unpaired) electrons. The topological polar surface area (TPSA) is 95.6 Å². The third kappa shape index (κ3) is 7.11. The molecule has 4 aromatic carbocycles. The Balaban J connectivity index is 1.31. The molecule has 1 aliphatic rings. The number of nitrogens with zero attached hydrogens (tertiary/aromatic N) is 1. The van der Waals surface area contributed by atoms with E-state index in [9.17, 15) is 19.2 Å². The quantitative estimate of drug-likeness (QED) is 0.134. The molecule has 204 valence electrons. The van der Waals surface area contributed by atoms with Crippen LogP contribution in [0, 0.1) is 3.57 Å². The maximum Gasteiger partial charge on any atom is 0.272 e. The lowest BCUT2D eigenvalue weighted by molar-refractivity contribution is -0.121. The summed E-state index contributed by atoms with van der Waals surface area (Å²) in [6.45, 7) is 0. The van der Waals surface area contributed by atoms with Crippen molar-refractivity contribution >= 4 is 75.4 Å². The number of carbonyl (C=O) groups is 4. The Hall–Kier alpha value is -4.22. The van der Waals surface area contributed by atoms with E-state index in [1.54, 1.807) is 60.7 Å². The summed E-state index contributed by atoms with van der Waals surface area (Å²) in [5.74, 6) is -1.43. The van der Waals surface area contributed by atoms with Gasteiger partial charge in [0.05, 0.1) is 10.9 Å². The van der Waals surface area contributed by atoms with Crippen LogP contribution in [0.1, 0.15) is 22.3 Å². The summed E-state index contributed by atoms with van der Waals surface area (Å²) in [4.78, 5) is 54.0. The van der Waals surface area contributed by atoms with Gasteiger partial charge in [0.2, 0.25) is 11.8 Å². The number of hydrogen-bond acceptors (Lipinski definition) is 5. The molecule has 5 rings (SSSR count). The summed E-state index contributed by atoms with van der Waals surface area (Å²) in [5, 5.41) is 5.00. The SMILES string of the molecule is O=C(Nc1cccc(SC2CC(=O)N(c3ccc(I)cc3)C2=O)c1)C(=Cc1ccccc1)NC(=O)c1ccccc1. The highest BCUT2D eigenvalue weighted by Gasteiger charge is 2.40. The molecular formula is C32H24IN3O4S. The number of carbonyl (C=O) groups excluding carboxylic acids is 4. The normalized spacial score (nSPS) is 15.1. The fourth-order valence-electron chi connectivity index (χ4n) is 4.23. The average Bonchev–Trinajstić information content (AvgIpc) is 3.26. The summed E-state index contributed by atoms with van der Waals surface area (Å²) in [7, 11) is 0. The van der Waals surface area contributed by atoms with Gasteiger partial charge in [0, 0.05) is 26.1 Å². The molecule has 1 aliphatic heterocycles. The smallest absolute Gasteiger partial charge is 0.272 e. The summed E-state index contributed by atoms with van der Waals surface area (Å²) in [6.07, 6.45) is 1.69. The Morgan fingerprint density at radius 1 is 0.854 bits per heavy atom. The van der Waals surface area contributed by atoms with Crippen molar-refractivity contribution in [2.45, 2.75) is 16.6 Å². The number of nitrogens with one attached hydrogen (secondary N) is 2. The van der Waals surface area contributed by atoms with E-state index >= 15 is 0 Å². The zero-order chi connectivity index (χ0) is 28.8. The second-order valence-electron chi connectivity index (χ2n) is 9.13. The zero-order valence-corrected chi connectivity index (χ0v) is 24.6. The molecule has 4 amide bonds. The van der Waals surface area contributed by atoms with Gasteiger partial charge in [-0.3, -0.25) is 19.2 Å². The van der Waals surface area contributed by atoms with Crippen molar-refractivity contribution in [1.82, 2.24) is 5.32 Å². The molecule has 0 bridgehead atoms. The van der Waals surface area contributed by atoms with Gasteiger partial charge in [-0.05, 0) is 88.8 Å². The van der Waals surface area contributed by atoms with Crippen molar-refractivity contribution < 1.29 is 19.2 Å². The number of imide groups is 1. The lowest BCUT2D eigenvalue weighted by Gasteiger charge is -2.15. The van der Waals surface area contributed by atoms with E-state index in [1.807, 2.05) is 54.6 Å². The van der Waals surface area contributed by atoms with Crippen LogP contribution in [0.25, 0.3) is 6.08 Å². The molecule has 0 aliphatic carbocycles. The molecule has 2 N–H and O–H groups in total. The van der Waals surface area contributed by atoms with Gasteiger partial charge in [-0.15, -0.1) is 11.8 Å². The van der Waals surface area contributed by atoms with Crippen molar-refractivity contribution in [1.29, 1.82) is 0 Å². The van der Waals surface area contributed by atoms with Crippen LogP contribution in [0.3, 0.4) is 0 Å². The molecule has 0 aromatic heterocycles. The summed E-state index contributed by atoms with van der Waals surface area (Å²) >= 11 is 3.45. The molecule has 0 spiro atoms. The predicted molar refractivity (Wildman–Crippen MR) is 169 cm³/mol. The zero-order valence-electron chi connectivity index (χ0n) is 21.6. The van der Waals surface area contributed by atoms with E-state index in [1.165, 1.54) is 16.7 Å². The maximum atomic E-state index is 13.4. The Bertz CT molecular complexity index is 1630. The Labute approximate surface area is 255 Å². The molecule has 7 nitrogen and oxygen atoms in total. The second kappa shape index (κ2) is 13.0. The van der Waals surface area contributed by atoms with Crippen LogP contribution >= 0.6 is 34.4 Å². The molecule has 1 heterocycles. The monoisotopic (exact) mass is 673 g/mol. The molecule has 0 saturated carbocycles. The minimum absolute atomic E-state index is 0.0767. The molecule has 41 heavy (non-hydrogen) atoms. The van der Waals surface area contributed by atoms with Gasteiger partial charge >= 0.3 is 0 Å². The van der Waals surface area contributed by atoms with Crippen LogP contribution in [0.5, 0.6) is 0 Å². The van der Waals surface area contributed by atoms with Crippen LogP contribution in [-0.4, -0.2) is 28.9 Å². The number of benzene rings is 4. The highest BCUT2D eigenvalue weighted by Crippen LogP contribution is 2.35. The van der Waals surface area contributed by atoms with Crippen molar-refractivity contribution in [3.63, 3.8) is 0 Å². The van der Waals surface area contributed by atoms with Gasteiger partial charge in [-0.1, -0.05) is 54.6 Å². The van der Waals surface area contributed by atoms with Gasteiger partial charge in [-0.25, -0.2) is 4.90 Å². The number of rotatable bonds is 8. The van der Waals surface area contributed by atoms with Gasteiger partial charge in [0.15, 0.2) is 0 Å². The minimum Gasteiger partial charge on any atom is -0.321 e. The molecule has 9 heteroatoms. The standard InChI is InChI=1S/C32H24IN3O4S/c33-23-14-16-25(17-15-23)36-29(37)20-28(32(36)40)41-26-13-7-12-24(19-26)34-31(39)27(18-21-8-3-1-4-9-21)35-30(38)22-10-5-2-6-11-22/h1-19,28H,20H2,(H,34,39)(H,35,38). The first-order valence-corrected chi connectivity index (χ1v) is 14.7. The van der Waals surface area contributed by atoms with Crippen LogP contribution in [0.4, 0.5) is 11.4 Å². The van der Waals surface area contributed by atoms with E-state index < -0.39 is 17.1 Å². The fourth-order valence-corrected chi connectivity index (χ4v) is 5.70. The number of hydrogen-bond donors (Lipinski definition) is 2. The molecule has 1 saturated heterocycles.